The van der Waals surface area contributed by atoms with Crippen LogP contribution in [-0.2, 0) is 9.59 Å². The molecule has 1 heterocycles. The molecule has 1 rings (SSSR count). The Hall–Kier alpha value is -2.24. The molecule has 14 heavy (non-hydrogen) atoms. The van der Waals surface area contributed by atoms with E-state index in [9.17, 15) is 4.79 Å². The van der Waals surface area contributed by atoms with Gasteiger partial charge in [-0.1, -0.05) is 12.1 Å². The lowest BCUT2D eigenvalue weighted by molar-refractivity contribution is -0.159. The summed E-state index contributed by atoms with van der Waals surface area (Å²) in [6, 6.07) is 6.55. The van der Waals surface area contributed by atoms with Gasteiger partial charge >= 0.3 is 11.9 Å². The Kier molecular flexibility index (Phi) is 5.29. The van der Waals surface area contributed by atoms with Gasteiger partial charge in [0.1, 0.15) is 0 Å². The normalized spacial score (nSPS) is 8.00. The highest BCUT2D eigenvalue weighted by molar-refractivity contribution is 6.27. The van der Waals surface area contributed by atoms with E-state index in [0.29, 0.717) is 0 Å². The number of nitrogens with zero attached hydrogens (tertiary/aromatic N) is 1. The van der Waals surface area contributed by atoms with E-state index >= 15 is 0 Å². The first-order chi connectivity index (χ1) is 6.54. The Labute approximate surface area is 78.5 Å². The molecule has 0 unspecified atom stereocenters. The highest BCUT2D eigenvalue weighted by atomic mass is 16.4. The van der Waals surface area contributed by atoms with Gasteiger partial charge in [0.15, 0.2) is 0 Å². The molecule has 0 amide bonds. The van der Waals surface area contributed by atoms with E-state index in [1.54, 1.807) is 18.2 Å². The van der Waals surface area contributed by atoms with Crippen molar-refractivity contribution in [3.8, 4) is 0 Å². The second-order valence-electron chi connectivity index (χ2n) is 1.97. The van der Waals surface area contributed by atoms with Crippen LogP contribution in [0.1, 0.15) is 0 Å². The van der Waals surface area contributed by atoms with E-state index in [2.05, 4.69) is 4.98 Å². The van der Waals surface area contributed by atoms with E-state index in [1.807, 2.05) is 0 Å². The largest absolute Gasteiger partial charge is 0.473 e. The number of aromatic nitrogens is 1. The van der Waals surface area contributed by atoms with Gasteiger partial charge in [0.25, 0.3) is 5.56 Å². The van der Waals surface area contributed by atoms with Crippen LogP contribution in [0.25, 0.3) is 0 Å². The Bertz CT molecular complexity index is 342. The Morgan fingerprint density at radius 3 is 2.14 bits per heavy atom. The molecule has 0 aliphatic carbocycles. The van der Waals surface area contributed by atoms with E-state index in [-0.39, 0.29) is 5.56 Å². The summed E-state index contributed by atoms with van der Waals surface area (Å²) in [6.07, 6.45) is 1.47. The van der Waals surface area contributed by atoms with Crippen LogP contribution in [0.3, 0.4) is 0 Å². The summed E-state index contributed by atoms with van der Waals surface area (Å²) in [5.41, 5.74) is -0.199. The number of carbonyl (C=O) groups is 2. The van der Waals surface area contributed by atoms with Crippen LogP contribution in [0, 0.1) is 0 Å². The third-order valence-corrected chi connectivity index (χ3v) is 0.932. The van der Waals surface area contributed by atoms with E-state index < -0.39 is 11.9 Å². The van der Waals surface area contributed by atoms with Gasteiger partial charge < -0.3 is 10.2 Å². The van der Waals surface area contributed by atoms with Crippen molar-refractivity contribution in [1.29, 1.82) is 0 Å². The predicted molar refractivity (Wildman–Crippen MR) is 45.8 cm³/mol. The Morgan fingerprint density at radius 2 is 1.64 bits per heavy atom. The second kappa shape index (κ2) is 6.30. The summed E-state index contributed by atoms with van der Waals surface area (Å²) in [4.78, 5) is 32.0. The van der Waals surface area contributed by atoms with E-state index in [1.165, 1.54) is 12.3 Å². The lowest BCUT2D eigenvalue weighted by Gasteiger charge is -1.72. The highest BCUT2D eigenvalue weighted by Gasteiger charge is 2.04. The van der Waals surface area contributed by atoms with Crippen LogP contribution in [0.15, 0.2) is 35.3 Å². The lowest BCUT2D eigenvalue weighted by atomic mass is 10.5. The van der Waals surface area contributed by atoms with Crippen LogP contribution in [0.4, 0.5) is 0 Å². The van der Waals surface area contributed by atoms with Crippen molar-refractivity contribution >= 4 is 11.9 Å². The zero-order valence-electron chi connectivity index (χ0n) is 6.95. The van der Waals surface area contributed by atoms with Gasteiger partial charge in [0, 0.05) is 12.3 Å². The molecule has 0 aromatic carbocycles. The average molecular weight is 197 g/mol. The van der Waals surface area contributed by atoms with Crippen molar-refractivity contribution in [3.05, 3.63) is 40.8 Å². The monoisotopic (exact) mass is 197 g/mol. The number of carboxylic acids is 2. The molecule has 0 radical (unpaired) electrons. The van der Waals surface area contributed by atoms with Crippen LogP contribution < -0.4 is 5.56 Å². The number of hydrogen-bond donors (Lipinski definition) is 2. The van der Waals surface area contributed by atoms with Crippen molar-refractivity contribution in [2.24, 2.45) is 0 Å². The van der Waals surface area contributed by atoms with Crippen LogP contribution in [-0.4, -0.2) is 27.1 Å². The third kappa shape index (κ3) is 6.47. The standard InChI is InChI=1S/C6H5NO.C2H2O4/c8-6-4-2-1-3-5-7-6;3-1(4)2(5)6/h1-5H;(H,3,4)(H,5,6). The Balaban J connectivity index is 0.000000255. The molecule has 0 atom stereocenters. The minimum atomic E-state index is -1.82. The van der Waals surface area contributed by atoms with Gasteiger partial charge in [0.2, 0.25) is 0 Å². The van der Waals surface area contributed by atoms with Crippen LogP contribution in [0.5, 0.6) is 0 Å². The molecule has 0 saturated heterocycles. The molecule has 6 heteroatoms. The highest BCUT2D eigenvalue weighted by Crippen LogP contribution is 1.69. The van der Waals surface area contributed by atoms with Gasteiger partial charge in [-0.2, -0.15) is 0 Å². The molecule has 74 valence electrons. The maximum atomic E-state index is 10.4. The van der Waals surface area contributed by atoms with Gasteiger partial charge in [0.05, 0.1) is 0 Å². The van der Waals surface area contributed by atoms with Gasteiger partial charge in [-0.25, -0.2) is 14.6 Å². The molecular formula is C8H7NO5. The topological polar surface area (TPSA) is 105 Å². The minimum absolute atomic E-state index is 0.199. The first-order valence-corrected chi connectivity index (χ1v) is 3.41. The van der Waals surface area contributed by atoms with Gasteiger partial charge in [-0.15, -0.1) is 0 Å². The molecule has 1 aromatic rings. The fraction of sp³-hybridized carbons (Fsp3) is 0. The van der Waals surface area contributed by atoms with Crippen molar-refractivity contribution in [1.82, 2.24) is 4.98 Å². The summed E-state index contributed by atoms with van der Waals surface area (Å²) >= 11 is 0. The fourth-order valence-corrected chi connectivity index (χ4v) is 0.411. The average Bonchev–Trinajstić information content (AvgIpc) is 2.33. The van der Waals surface area contributed by atoms with Gasteiger partial charge in [-0.05, 0) is 6.07 Å². The number of rotatable bonds is 0. The zero-order valence-corrected chi connectivity index (χ0v) is 6.95. The molecule has 0 aliphatic heterocycles. The maximum Gasteiger partial charge on any atom is 0.414 e. The number of hydrogen-bond acceptors (Lipinski definition) is 4. The molecule has 1 aromatic heterocycles. The molecule has 0 bridgehead atoms. The summed E-state index contributed by atoms with van der Waals surface area (Å²) < 4.78 is 0. The van der Waals surface area contributed by atoms with E-state index in [4.69, 9.17) is 19.8 Å². The maximum absolute atomic E-state index is 10.4. The summed E-state index contributed by atoms with van der Waals surface area (Å²) in [5, 5.41) is 14.8. The van der Waals surface area contributed by atoms with Crippen molar-refractivity contribution in [2.75, 3.05) is 0 Å². The smallest absolute Gasteiger partial charge is 0.414 e. The molecule has 6 nitrogen and oxygen atoms in total. The predicted octanol–water partition coefficient (Wildman–Crippen LogP) is -0.403. The molecule has 0 spiro atoms. The fourth-order valence-electron chi connectivity index (χ4n) is 0.411. The molecule has 2 N–H and O–H groups in total. The van der Waals surface area contributed by atoms with Crippen molar-refractivity contribution < 1.29 is 19.8 Å². The summed E-state index contributed by atoms with van der Waals surface area (Å²) in [5.74, 6) is -3.65. The summed E-state index contributed by atoms with van der Waals surface area (Å²) in [6.45, 7) is 0. The van der Waals surface area contributed by atoms with Crippen molar-refractivity contribution in [3.63, 3.8) is 0 Å². The molecule has 0 saturated carbocycles. The summed E-state index contributed by atoms with van der Waals surface area (Å²) in [7, 11) is 0. The lowest BCUT2D eigenvalue weighted by Crippen LogP contribution is -2.09. The SMILES string of the molecule is O=C(O)C(=O)O.O=c1cccccn1. The molecular weight excluding hydrogens is 190 g/mol. The molecule has 0 fully saturated rings. The van der Waals surface area contributed by atoms with E-state index in [0.717, 1.165) is 0 Å². The minimum Gasteiger partial charge on any atom is -0.473 e. The first kappa shape index (κ1) is 11.8. The van der Waals surface area contributed by atoms with Crippen LogP contribution >= 0.6 is 0 Å². The quantitative estimate of drug-likeness (QED) is 0.548. The third-order valence-electron chi connectivity index (χ3n) is 0.932. The van der Waals surface area contributed by atoms with Gasteiger partial charge in [-0.3, -0.25) is 4.79 Å². The molecule has 0 aliphatic rings. The number of carboxylic acid groups (broad SMARTS) is 2. The first-order valence-electron chi connectivity index (χ1n) is 3.41. The van der Waals surface area contributed by atoms with Crippen LogP contribution in [0.2, 0.25) is 0 Å². The Morgan fingerprint density at radius 1 is 1.07 bits per heavy atom. The number of aliphatic carboxylic acids is 2. The zero-order chi connectivity index (χ0) is 11.0. The second-order valence-corrected chi connectivity index (χ2v) is 1.97. The van der Waals surface area contributed by atoms with Crippen molar-refractivity contribution in [2.45, 2.75) is 0 Å².